The number of pyridine rings is 2. The first-order valence-electron chi connectivity index (χ1n) is 18.8. The Morgan fingerprint density at radius 2 is 0.661 bits per heavy atom. The van der Waals surface area contributed by atoms with Crippen molar-refractivity contribution in [2.45, 2.75) is 0 Å². The third kappa shape index (κ3) is 6.40. The second-order valence-electron chi connectivity index (χ2n) is 13.9. The average molecular weight is 715 g/mol. The number of benzene rings is 7. The van der Waals surface area contributed by atoms with Gasteiger partial charge in [0.15, 0.2) is 5.82 Å². The molecule has 4 nitrogen and oxygen atoms in total. The lowest BCUT2D eigenvalue weighted by Gasteiger charge is -2.14. The fourth-order valence-electron chi connectivity index (χ4n) is 7.38. The molecule has 0 aliphatic heterocycles. The molecule has 0 saturated heterocycles. The van der Waals surface area contributed by atoms with Gasteiger partial charge in [0.1, 0.15) is 0 Å². The zero-order valence-electron chi connectivity index (χ0n) is 30.4. The minimum absolute atomic E-state index is 0.674. The molecule has 0 spiro atoms. The van der Waals surface area contributed by atoms with Crippen molar-refractivity contribution in [3.05, 3.63) is 206 Å². The van der Waals surface area contributed by atoms with E-state index < -0.39 is 0 Å². The molecule has 3 heterocycles. The third-order valence-corrected chi connectivity index (χ3v) is 10.3. The van der Waals surface area contributed by atoms with Gasteiger partial charge >= 0.3 is 0 Å². The predicted octanol–water partition coefficient (Wildman–Crippen LogP) is 13.2. The van der Waals surface area contributed by atoms with Crippen molar-refractivity contribution in [2.24, 2.45) is 0 Å². The molecule has 3 aromatic heterocycles. The molecule has 0 saturated carbocycles. The highest BCUT2D eigenvalue weighted by molar-refractivity contribution is 6.09. The highest BCUT2D eigenvalue weighted by Crippen LogP contribution is 2.37. The molecule has 0 bridgehead atoms. The molecule has 4 heteroatoms. The zero-order valence-corrected chi connectivity index (χ0v) is 30.4. The van der Waals surface area contributed by atoms with Crippen LogP contribution < -0.4 is 0 Å². The smallest absolute Gasteiger partial charge is 0.160 e. The molecule has 0 aliphatic carbocycles. The van der Waals surface area contributed by atoms with E-state index in [2.05, 4.69) is 158 Å². The van der Waals surface area contributed by atoms with Crippen molar-refractivity contribution >= 4 is 21.8 Å². The molecule has 0 aliphatic rings. The van der Waals surface area contributed by atoms with E-state index in [0.29, 0.717) is 5.82 Å². The maximum Gasteiger partial charge on any atom is 0.160 e. The molecule has 10 rings (SSSR count). The molecular formula is C52H34N4. The summed E-state index contributed by atoms with van der Waals surface area (Å²) >= 11 is 0. The van der Waals surface area contributed by atoms with Crippen LogP contribution >= 0.6 is 0 Å². The second kappa shape index (κ2) is 14.3. The zero-order chi connectivity index (χ0) is 37.3. The van der Waals surface area contributed by atoms with Gasteiger partial charge in [-0.25, -0.2) is 19.9 Å². The average Bonchev–Trinajstić information content (AvgIpc) is 3.29. The molecule has 0 radical (unpaired) electrons. The standard InChI is InChI=1S/C52H34N4/c1-5-13-35(14-6-1)36-21-25-41(26-22-36)49-34-48(40-19-11-4-12-20-40)55-52(56-49)43-27-23-37(24-28-43)45-33-47(39-17-9-3-10-18-39)54-51-44(45)31-29-42-30-32-46(53-50(42)51)38-15-7-2-8-16-38/h1-34H. The van der Waals surface area contributed by atoms with E-state index in [-0.39, 0.29) is 0 Å². The maximum absolute atomic E-state index is 5.28. The van der Waals surface area contributed by atoms with Crippen molar-refractivity contribution < 1.29 is 0 Å². The van der Waals surface area contributed by atoms with E-state index in [0.717, 1.165) is 83.5 Å². The van der Waals surface area contributed by atoms with Crippen LogP contribution in [0.2, 0.25) is 0 Å². The van der Waals surface area contributed by atoms with Gasteiger partial charge in [0.05, 0.1) is 33.8 Å². The summed E-state index contributed by atoms with van der Waals surface area (Å²) in [6.45, 7) is 0. The summed E-state index contributed by atoms with van der Waals surface area (Å²) < 4.78 is 0. The number of hydrogen-bond donors (Lipinski definition) is 0. The fraction of sp³-hybridized carbons (Fsp3) is 0. The van der Waals surface area contributed by atoms with E-state index in [4.69, 9.17) is 19.9 Å². The Kier molecular flexibility index (Phi) is 8.47. The van der Waals surface area contributed by atoms with Crippen LogP contribution in [0.4, 0.5) is 0 Å². The molecule has 0 amide bonds. The first-order valence-corrected chi connectivity index (χ1v) is 18.8. The third-order valence-electron chi connectivity index (χ3n) is 10.3. The SMILES string of the molecule is c1ccc(-c2ccc(-c3cc(-c4ccccc4)nc(-c4ccc(-c5cc(-c6ccccc6)nc6c5ccc5ccc(-c7ccccc7)nc56)cc4)n3)cc2)cc1. The van der Waals surface area contributed by atoms with Crippen LogP contribution in [0.3, 0.4) is 0 Å². The second-order valence-corrected chi connectivity index (χ2v) is 13.9. The monoisotopic (exact) mass is 714 g/mol. The Morgan fingerprint density at radius 1 is 0.250 bits per heavy atom. The first-order chi connectivity index (χ1) is 27.7. The van der Waals surface area contributed by atoms with Gasteiger partial charge in [0.2, 0.25) is 0 Å². The Balaban J connectivity index is 1.09. The Hall–Kier alpha value is -7.56. The van der Waals surface area contributed by atoms with Gasteiger partial charge in [-0.05, 0) is 40.5 Å². The highest BCUT2D eigenvalue weighted by atomic mass is 14.9. The highest BCUT2D eigenvalue weighted by Gasteiger charge is 2.16. The molecule has 10 aromatic rings. The van der Waals surface area contributed by atoms with Gasteiger partial charge < -0.3 is 0 Å². The number of aromatic nitrogens is 4. The summed E-state index contributed by atoms with van der Waals surface area (Å²) in [6, 6.07) is 71.5. The van der Waals surface area contributed by atoms with E-state index >= 15 is 0 Å². The molecule has 0 N–H and O–H groups in total. The maximum atomic E-state index is 5.28. The van der Waals surface area contributed by atoms with Crippen molar-refractivity contribution in [3.8, 4) is 78.7 Å². The number of nitrogens with zero attached hydrogens (tertiary/aromatic N) is 4. The minimum Gasteiger partial charge on any atom is -0.245 e. The van der Waals surface area contributed by atoms with Crippen LogP contribution in [0.5, 0.6) is 0 Å². The molecule has 262 valence electrons. The normalized spacial score (nSPS) is 11.2. The topological polar surface area (TPSA) is 51.6 Å². The molecule has 56 heavy (non-hydrogen) atoms. The lowest BCUT2D eigenvalue weighted by atomic mass is 9.96. The van der Waals surface area contributed by atoms with Gasteiger partial charge in [-0.15, -0.1) is 0 Å². The summed E-state index contributed by atoms with van der Waals surface area (Å²) in [7, 11) is 0. The van der Waals surface area contributed by atoms with Gasteiger partial charge in [-0.2, -0.15) is 0 Å². The van der Waals surface area contributed by atoms with Crippen LogP contribution in [-0.2, 0) is 0 Å². The first kappa shape index (κ1) is 33.0. The van der Waals surface area contributed by atoms with Crippen molar-refractivity contribution in [1.82, 2.24) is 19.9 Å². The van der Waals surface area contributed by atoms with Crippen molar-refractivity contribution in [1.29, 1.82) is 0 Å². The van der Waals surface area contributed by atoms with Crippen LogP contribution in [0, 0.1) is 0 Å². The van der Waals surface area contributed by atoms with E-state index in [9.17, 15) is 0 Å². The van der Waals surface area contributed by atoms with Crippen LogP contribution in [0.1, 0.15) is 0 Å². The summed E-state index contributed by atoms with van der Waals surface area (Å²) in [5, 5.41) is 2.10. The summed E-state index contributed by atoms with van der Waals surface area (Å²) in [4.78, 5) is 20.7. The molecule has 7 aromatic carbocycles. The summed E-state index contributed by atoms with van der Waals surface area (Å²) in [5.74, 6) is 0.674. The number of rotatable bonds is 7. The summed E-state index contributed by atoms with van der Waals surface area (Å²) in [6.07, 6.45) is 0. The van der Waals surface area contributed by atoms with E-state index in [1.165, 1.54) is 11.1 Å². The molecule has 0 unspecified atom stereocenters. The predicted molar refractivity (Wildman–Crippen MR) is 231 cm³/mol. The van der Waals surface area contributed by atoms with Crippen LogP contribution in [0.25, 0.3) is 100 Å². The quantitative estimate of drug-likeness (QED) is 0.154. The Morgan fingerprint density at radius 3 is 1.25 bits per heavy atom. The molecule has 0 fully saturated rings. The fourth-order valence-corrected chi connectivity index (χ4v) is 7.38. The van der Waals surface area contributed by atoms with Crippen molar-refractivity contribution in [2.75, 3.05) is 0 Å². The molecular weight excluding hydrogens is 681 g/mol. The summed E-state index contributed by atoms with van der Waals surface area (Å²) in [5.41, 5.74) is 15.0. The van der Waals surface area contributed by atoms with E-state index in [1.807, 2.05) is 48.5 Å². The Labute approximate surface area is 325 Å². The lowest BCUT2D eigenvalue weighted by Crippen LogP contribution is -1.96. The minimum atomic E-state index is 0.674. The largest absolute Gasteiger partial charge is 0.245 e. The van der Waals surface area contributed by atoms with Crippen LogP contribution in [-0.4, -0.2) is 19.9 Å². The van der Waals surface area contributed by atoms with Crippen molar-refractivity contribution in [3.63, 3.8) is 0 Å². The van der Waals surface area contributed by atoms with Gasteiger partial charge in [-0.1, -0.05) is 188 Å². The lowest BCUT2D eigenvalue weighted by molar-refractivity contribution is 1.18. The van der Waals surface area contributed by atoms with Gasteiger partial charge in [0.25, 0.3) is 0 Å². The molecule has 0 atom stereocenters. The van der Waals surface area contributed by atoms with Crippen LogP contribution in [0.15, 0.2) is 206 Å². The van der Waals surface area contributed by atoms with E-state index in [1.54, 1.807) is 0 Å². The number of fused-ring (bicyclic) bond motifs is 3. The van der Waals surface area contributed by atoms with Gasteiger partial charge in [-0.3, -0.25) is 0 Å². The Bertz CT molecular complexity index is 2970. The van der Waals surface area contributed by atoms with Gasteiger partial charge in [0, 0.05) is 38.6 Å². The number of hydrogen-bond acceptors (Lipinski definition) is 4.